The maximum atomic E-state index is 12.8. The zero-order valence-corrected chi connectivity index (χ0v) is 41.8. The Morgan fingerprint density at radius 1 is 0.317 bits per heavy atom. The molecule has 0 amide bonds. The topological polar surface area (TPSA) is 78.9 Å². The average molecular weight is 883 g/mol. The van der Waals surface area contributed by atoms with Crippen molar-refractivity contribution in [2.75, 3.05) is 13.2 Å². The Morgan fingerprint density at radius 3 is 0.921 bits per heavy atom. The van der Waals surface area contributed by atoms with E-state index in [1.54, 1.807) is 0 Å². The lowest BCUT2D eigenvalue weighted by molar-refractivity contribution is -0.167. The van der Waals surface area contributed by atoms with Gasteiger partial charge in [-0.15, -0.1) is 0 Å². The minimum absolute atomic E-state index is 0.0843. The molecule has 0 aliphatic rings. The monoisotopic (exact) mass is 883 g/mol. The van der Waals surface area contributed by atoms with Crippen LogP contribution in [-0.2, 0) is 28.6 Å². The van der Waals surface area contributed by atoms with E-state index < -0.39 is 6.10 Å². The van der Waals surface area contributed by atoms with Crippen LogP contribution in [0.3, 0.4) is 0 Å². The molecule has 63 heavy (non-hydrogen) atoms. The quantitative estimate of drug-likeness (QED) is 0.0262. The van der Waals surface area contributed by atoms with Gasteiger partial charge in [0.1, 0.15) is 13.2 Å². The summed E-state index contributed by atoms with van der Waals surface area (Å²) in [5.41, 5.74) is 0. The van der Waals surface area contributed by atoms with Gasteiger partial charge in [-0.25, -0.2) is 0 Å². The van der Waals surface area contributed by atoms with Crippen molar-refractivity contribution in [3.05, 3.63) is 48.6 Å². The van der Waals surface area contributed by atoms with E-state index in [0.717, 1.165) is 96.3 Å². The van der Waals surface area contributed by atoms with E-state index in [9.17, 15) is 14.4 Å². The number of carbonyl (C=O) groups is 3. The molecule has 366 valence electrons. The maximum absolute atomic E-state index is 12.8. The molecule has 0 bridgehead atoms. The van der Waals surface area contributed by atoms with E-state index in [1.165, 1.54) is 141 Å². The third-order valence-corrected chi connectivity index (χ3v) is 11.8. The molecule has 0 rings (SSSR count). The number of ether oxygens (including phenoxy) is 3. The van der Waals surface area contributed by atoms with Crippen LogP contribution in [0.4, 0.5) is 0 Å². The Bertz CT molecular complexity index is 1110. The summed E-state index contributed by atoms with van der Waals surface area (Å²) >= 11 is 0. The van der Waals surface area contributed by atoms with Crippen molar-refractivity contribution in [1.29, 1.82) is 0 Å². The molecule has 0 saturated heterocycles. The summed E-state index contributed by atoms with van der Waals surface area (Å²) < 4.78 is 16.8. The summed E-state index contributed by atoms with van der Waals surface area (Å²) in [6.07, 6.45) is 62.3. The molecule has 0 heterocycles. The number of allylic oxidation sites excluding steroid dienone is 8. The lowest BCUT2D eigenvalue weighted by Crippen LogP contribution is -2.30. The van der Waals surface area contributed by atoms with Crippen LogP contribution < -0.4 is 0 Å². The molecule has 0 aromatic rings. The number of unbranched alkanes of at least 4 members (excludes halogenated alkanes) is 30. The van der Waals surface area contributed by atoms with E-state index >= 15 is 0 Å². The number of esters is 3. The van der Waals surface area contributed by atoms with E-state index in [2.05, 4.69) is 69.4 Å². The van der Waals surface area contributed by atoms with Crippen molar-refractivity contribution in [3.63, 3.8) is 0 Å². The fraction of sp³-hybridized carbons (Fsp3) is 0.807. The van der Waals surface area contributed by atoms with Gasteiger partial charge in [0, 0.05) is 19.3 Å². The molecule has 0 saturated carbocycles. The number of rotatable bonds is 49. The smallest absolute Gasteiger partial charge is 0.306 e. The van der Waals surface area contributed by atoms with E-state index in [1.807, 2.05) is 0 Å². The van der Waals surface area contributed by atoms with Gasteiger partial charge >= 0.3 is 17.9 Å². The molecule has 0 aliphatic carbocycles. The lowest BCUT2D eigenvalue weighted by Gasteiger charge is -2.18. The predicted molar refractivity (Wildman–Crippen MR) is 270 cm³/mol. The number of carbonyl (C=O) groups excluding carboxylic acids is 3. The van der Waals surface area contributed by atoms with Gasteiger partial charge in [-0.2, -0.15) is 0 Å². The van der Waals surface area contributed by atoms with Crippen LogP contribution in [0.25, 0.3) is 0 Å². The molecule has 0 aliphatic heterocycles. The molecule has 0 N–H and O–H groups in total. The van der Waals surface area contributed by atoms with Crippen LogP contribution in [0.15, 0.2) is 48.6 Å². The molecule has 0 aromatic heterocycles. The fourth-order valence-corrected chi connectivity index (χ4v) is 7.64. The lowest BCUT2D eigenvalue weighted by atomic mass is 10.1. The molecule has 0 spiro atoms. The second-order valence-corrected chi connectivity index (χ2v) is 18.1. The molecule has 0 fully saturated rings. The third kappa shape index (κ3) is 50.2. The van der Waals surface area contributed by atoms with Gasteiger partial charge in [-0.3, -0.25) is 14.4 Å². The van der Waals surface area contributed by atoms with E-state index in [0.29, 0.717) is 19.3 Å². The Kier molecular flexibility index (Phi) is 49.8. The third-order valence-electron chi connectivity index (χ3n) is 11.8. The molecular formula is C57H102O6. The highest BCUT2D eigenvalue weighted by atomic mass is 16.6. The van der Waals surface area contributed by atoms with Gasteiger partial charge in [-0.1, -0.05) is 204 Å². The Hall–Kier alpha value is -2.63. The highest BCUT2D eigenvalue weighted by Gasteiger charge is 2.19. The average Bonchev–Trinajstić information content (AvgIpc) is 3.28. The predicted octanol–water partition coefficient (Wildman–Crippen LogP) is 17.9. The normalized spacial score (nSPS) is 12.4. The largest absolute Gasteiger partial charge is 0.462 e. The molecule has 6 nitrogen and oxygen atoms in total. The van der Waals surface area contributed by atoms with Crippen LogP contribution in [-0.4, -0.2) is 37.2 Å². The van der Waals surface area contributed by atoms with Crippen molar-refractivity contribution in [1.82, 2.24) is 0 Å². The zero-order chi connectivity index (χ0) is 45.8. The second kappa shape index (κ2) is 52.0. The maximum Gasteiger partial charge on any atom is 0.306 e. The van der Waals surface area contributed by atoms with Crippen LogP contribution in [0.2, 0.25) is 0 Å². The summed E-state index contributed by atoms with van der Waals surface area (Å²) in [4.78, 5) is 38.0. The van der Waals surface area contributed by atoms with Gasteiger partial charge in [0.05, 0.1) is 0 Å². The Labute approximate surface area is 390 Å². The van der Waals surface area contributed by atoms with Crippen molar-refractivity contribution < 1.29 is 28.6 Å². The van der Waals surface area contributed by atoms with Crippen molar-refractivity contribution in [2.24, 2.45) is 0 Å². The summed E-state index contributed by atoms with van der Waals surface area (Å²) in [5.74, 6) is -0.906. The molecule has 1 unspecified atom stereocenters. The minimum atomic E-state index is -0.785. The highest BCUT2D eigenvalue weighted by molar-refractivity contribution is 5.71. The Balaban J connectivity index is 4.41. The van der Waals surface area contributed by atoms with Crippen LogP contribution in [0, 0.1) is 0 Å². The van der Waals surface area contributed by atoms with Gasteiger partial charge in [0.25, 0.3) is 0 Å². The first-order valence-corrected chi connectivity index (χ1v) is 27.1. The molecule has 0 aromatic carbocycles. The summed E-state index contributed by atoms with van der Waals surface area (Å²) in [5, 5.41) is 0. The van der Waals surface area contributed by atoms with Crippen molar-refractivity contribution >= 4 is 17.9 Å². The summed E-state index contributed by atoms with van der Waals surface area (Å²) in [7, 11) is 0. The SMILES string of the molecule is CCCCCC=CCC=CCCCCCCCC(=O)OCC(COC(=O)CCCCCCC/C=C/CCCCCCCC)OC(=O)CCCCCCC/C=C/CCCCCCCC. The summed E-state index contributed by atoms with van der Waals surface area (Å²) in [6, 6.07) is 0. The first kappa shape index (κ1) is 60.4. The van der Waals surface area contributed by atoms with E-state index in [4.69, 9.17) is 14.2 Å². The molecular weight excluding hydrogens is 781 g/mol. The molecule has 0 radical (unpaired) electrons. The van der Waals surface area contributed by atoms with E-state index in [-0.39, 0.29) is 31.1 Å². The Morgan fingerprint density at radius 2 is 0.571 bits per heavy atom. The standard InChI is InChI=1S/C57H102O6/c1-4-7-10-13-16-19-22-25-28-31-34-37-40-43-46-49-55(58)61-52-54(63-57(60)51-48-45-42-39-36-33-30-27-24-21-18-15-12-9-6-3)53-62-56(59)50-47-44-41-38-35-32-29-26-23-20-17-14-11-8-5-2/h16,19,25-30,54H,4-15,17-18,20-24,31-53H2,1-3H3/b19-16?,28-25?,29-26+,30-27+. The second-order valence-electron chi connectivity index (χ2n) is 18.1. The number of hydrogen-bond donors (Lipinski definition) is 0. The van der Waals surface area contributed by atoms with Crippen molar-refractivity contribution in [3.8, 4) is 0 Å². The first-order valence-electron chi connectivity index (χ1n) is 27.1. The summed E-state index contributed by atoms with van der Waals surface area (Å²) in [6.45, 7) is 6.59. The minimum Gasteiger partial charge on any atom is -0.462 e. The van der Waals surface area contributed by atoms with Crippen LogP contribution >= 0.6 is 0 Å². The molecule has 6 heteroatoms. The van der Waals surface area contributed by atoms with Gasteiger partial charge < -0.3 is 14.2 Å². The fourth-order valence-electron chi connectivity index (χ4n) is 7.64. The first-order chi connectivity index (χ1) is 31.0. The number of hydrogen-bond acceptors (Lipinski definition) is 6. The molecule has 1 atom stereocenters. The van der Waals surface area contributed by atoms with Gasteiger partial charge in [-0.05, 0) is 103 Å². The van der Waals surface area contributed by atoms with Crippen LogP contribution in [0.5, 0.6) is 0 Å². The van der Waals surface area contributed by atoms with Crippen molar-refractivity contribution in [2.45, 2.75) is 284 Å². The highest BCUT2D eigenvalue weighted by Crippen LogP contribution is 2.14. The van der Waals surface area contributed by atoms with Gasteiger partial charge in [0.15, 0.2) is 6.10 Å². The van der Waals surface area contributed by atoms with Gasteiger partial charge in [0.2, 0.25) is 0 Å². The van der Waals surface area contributed by atoms with Crippen LogP contribution in [0.1, 0.15) is 278 Å². The zero-order valence-electron chi connectivity index (χ0n) is 41.8.